The maximum absolute atomic E-state index is 12.7. The fourth-order valence-corrected chi connectivity index (χ4v) is 3.95. The van der Waals surface area contributed by atoms with Crippen LogP contribution < -0.4 is 15.8 Å². The average Bonchev–Trinajstić information content (AvgIpc) is 3.48. The third kappa shape index (κ3) is 3.92. The Morgan fingerprint density at radius 2 is 1.96 bits per heavy atom. The second-order valence-corrected chi connectivity index (χ2v) is 7.95. The minimum Gasteiger partial charge on any atom is -0.369 e. The van der Waals surface area contributed by atoms with E-state index in [1.54, 1.807) is 0 Å². The molecule has 5 heteroatoms. The summed E-state index contributed by atoms with van der Waals surface area (Å²) in [6, 6.07) is 9.94. The highest BCUT2D eigenvalue weighted by atomic mass is 16.2. The van der Waals surface area contributed by atoms with Gasteiger partial charge in [0.15, 0.2) is 0 Å². The molecule has 1 saturated carbocycles. The predicted octanol–water partition coefficient (Wildman–Crippen LogP) is 4.19. The van der Waals surface area contributed by atoms with Gasteiger partial charge in [0.05, 0.1) is 0 Å². The lowest BCUT2D eigenvalue weighted by Crippen LogP contribution is -2.37. The molecule has 2 heterocycles. The molecule has 5 nitrogen and oxygen atoms in total. The zero-order chi connectivity index (χ0) is 19.0. The molecule has 1 aliphatic heterocycles. The van der Waals surface area contributed by atoms with E-state index in [-0.39, 0.29) is 11.5 Å². The van der Waals surface area contributed by atoms with Crippen molar-refractivity contribution in [2.24, 2.45) is 0 Å². The van der Waals surface area contributed by atoms with Gasteiger partial charge in [0, 0.05) is 41.3 Å². The van der Waals surface area contributed by atoms with Crippen molar-refractivity contribution in [2.75, 3.05) is 16.8 Å². The lowest BCUT2D eigenvalue weighted by atomic mass is 10.0. The van der Waals surface area contributed by atoms with E-state index in [0.717, 1.165) is 36.3 Å². The van der Waals surface area contributed by atoms with Crippen molar-refractivity contribution in [3.05, 3.63) is 57.5 Å². The Hall–Kier alpha value is -2.56. The number of aryl methyl sites for hydroxylation is 1. The van der Waals surface area contributed by atoms with Crippen LogP contribution in [0.5, 0.6) is 0 Å². The minimum absolute atomic E-state index is 0.212. The van der Waals surface area contributed by atoms with Gasteiger partial charge in [0.25, 0.3) is 5.91 Å². The van der Waals surface area contributed by atoms with Gasteiger partial charge in [0.1, 0.15) is 0 Å². The van der Waals surface area contributed by atoms with Gasteiger partial charge in [-0.25, -0.2) is 0 Å². The maximum Gasteiger partial charge on any atom is 0.255 e. The third-order valence-corrected chi connectivity index (χ3v) is 5.74. The van der Waals surface area contributed by atoms with E-state index >= 15 is 0 Å². The number of hydrogen-bond acceptors (Lipinski definition) is 3. The first kappa shape index (κ1) is 17.8. The number of amides is 1. The lowest BCUT2D eigenvalue weighted by Gasteiger charge is -2.35. The Balaban J connectivity index is 1.52. The van der Waals surface area contributed by atoms with E-state index in [0.29, 0.717) is 17.5 Å². The first-order chi connectivity index (χ1) is 13.0. The highest BCUT2D eigenvalue weighted by molar-refractivity contribution is 6.04. The molecular weight excluding hydrogens is 338 g/mol. The summed E-state index contributed by atoms with van der Waals surface area (Å²) in [5, 5.41) is 2.97. The first-order valence-corrected chi connectivity index (χ1v) is 9.94. The molecule has 1 aliphatic carbocycles. The van der Waals surface area contributed by atoms with Crippen molar-refractivity contribution < 1.29 is 4.79 Å². The van der Waals surface area contributed by atoms with Crippen molar-refractivity contribution in [2.45, 2.75) is 57.9 Å². The number of benzene rings is 1. The molecule has 2 aromatic rings. The second kappa shape index (κ2) is 7.22. The van der Waals surface area contributed by atoms with Gasteiger partial charge in [0.2, 0.25) is 5.56 Å². The first-order valence-electron chi connectivity index (χ1n) is 9.94. The molecule has 4 rings (SSSR count). The number of carbonyl (C=O) groups is 1. The Morgan fingerprint density at radius 1 is 1.15 bits per heavy atom. The molecule has 0 spiro atoms. The van der Waals surface area contributed by atoms with E-state index < -0.39 is 0 Å². The Morgan fingerprint density at radius 3 is 2.67 bits per heavy atom. The van der Waals surface area contributed by atoms with Crippen molar-refractivity contribution in [1.82, 2.24) is 4.98 Å². The minimum atomic E-state index is -0.231. The summed E-state index contributed by atoms with van der Waals surface area (Å²) in [6.45, 7) is 5.37. The van der Waals surface area contributed by atoms with E-state index in [9.17, 15) is 9.59 Å². The average molecular weight is 365 g/mol. The van der Waals surface area contributed by atoms with Crippen LogP contribution in [0.1, 0.15) is 66.6 Å². The number of nitrogens with zero attached hydrogens (tertiary/aromatic N) is 1. The molecule has 1 aromatic heterocycles. The zero-order valence-electron chi connectivity index (χ0n) is 16.0. The van der Waals surface area contributed by atoms with E-state index in [2.05, 4.69) is 34.3 Å². The van der Waals surface area contributed by atoms with Gasteiger partial charge in [-0.1, -0.05) is 0 Å². The quantitative estimate of drug-likeness (QED) is 0.854. The van der Waals surface area contributed by atoms with E-state index in [4.69, 9.17) is 0 Å². The summed E-state index contributed by atoms with van der Waals surface area (Å²) in [5.74, 6) is 0.170. The van der Waals surface area contributed by atoms with Gasteiger partial charge < -0.3 is 15.2 Å². The predicted molar refractivity (Wildman–Crippen MR) is 109 cm³/mol. The van der Waals surface area contributed by atoms with Crippen LogP contribution in [0.15, 0.2) is 35.1 Å². The van der Waals surface area contributed by atoms with Crippen LogP contribution in [0, 0.1) is 6.92 Å². The Bertz CT molecular complexity index is 914. The summed E-state index contributed by atoms with van der Waals surface area (Å²) in [6.07, 6.45) is 5.91. The molecule has 2 fully saturated rings. The van der Waals surface area contributed by atoms with Crippen molar-refractivity contribution in [3.8, 4) is 0 Å². The van der Waals surface area contributed by atoms with Crippen molar-refractivity contribution in [3.63, 3.8) is 0 Å². The smallest absolute Gasteiger partial charge is 0.255 e. The number of aromatic nitrogens is 1. The Labute approximate surface area is 159 Å². The molecule has 2 aliphatic rings. The zero-order valence-corrected chi connectivity index (χ0v) is 16.0. The maximum atomic E-state index is 12.7. The van der Waals surface area contributed by atoms with E-state index in [1.165, 1.54) is 31.0 Å². The number of pyridine rings is 1. The van der Waals surface area contributed by atoms with Crippen LogP contribution in [0.2, 0.25) is 0 Å². The van der Waals surface area contributed by atoms with Gasteiger partial charge in [-0.2, -0.15) is 0 Å². The number of carbonyl (C=O) groups excluding carboxylic acids is 1. The second-order valence-electron chi connectivity index (χ2n) is 7.95. The normalized spacial score (nSPS) is 19.8. The number of nitrogens with one attached hydrogen (secondary N) is 2. The summed E-state index contributed by atoms with van der Waals surface area (Å²) in [4.78, 5) is 29.8. The lowest BCUT2D eigenvalue weighted by molar-refractivity contribution is 0.102. The fourth-order valence-electron chi connectivity index (χ4n) is 3.95. The van der Waals surface area contributed by atoms with Gasteiger partial charge >= 0.3 is 0 Å². The molecule has 1 atom stereocenters. The summed E-state index contributed by atoms with van der Waals surface area (Å²) in [7, 11) is 0. The number of aromatic amines is 1. The molecule has 1 aromatic carbocycles. The molecule has 1 amide bonds. The topological polar surface area (TPSA) is 65.2 Å². The standard InChI is InChI=1S/C22H27N3O2/c1-14-11-18(25-10-4-3-5-15(25)2)8-9-19(14)24-22(27)17-12-20(16-6-7-16)23-21(26)13-17/h8-9,11-13,15-16H,3-7,10H2,1-2H3,(H,23,26)(H,24,27). The van der Waals surface area contributed by atoms with E-state index in [1.807, 2.05) is 19.1 Å². The number of piperidine rings is 1. The van der Waals surface area contributed by atoms with Crippen LogP contribution >= 0.6 is 0 Å². The molecule has 0 bridgehead atoms. The fraction of sp³-hybridized carbons (Fsp3) is 0.455. The molecular formula is C22H27N3O2. The van der Waals surface area contributed by atoms with Gasteiger partial charge in [-0.3, -0.25) is 9.59 Å². The molecule has 1 saturated heterocycles. The van der Waals surface area contributed by atoms with Gasteiger partial charge in [-0.05, 0) is 81.7 Å². The molecule has 1 unspecified atom stereocenters. The molecule has 27 heavy (non-hydrogen) atoms. The highest BCUT2D eigenvalue weighted by Crippen LogP contribution is 2.38. The van der Waals surface area contributed by atoms with Crippen LogP contribution in [-0.4, -0.2) is 23.5 Å². The monoisotopic (exact) mass is 365 g/mol. The molecule has 2 N–H and O–H groups in total. The van der Waals surface area contributed by atoms with Crippen LogP contribution in [-0.2, 0) is 0 Å². The summed E-state index contributed by atoms with van der Waals surface area (Å²) >= 11 is 0. The van der Waals surface area contributed by atoms with Crippen LogP contribution in [0.4, 0.5) is 11.4 Å². The number of rotatable bonds is 4. The molecule has 0 radical (unpaired) electrons. The SMILES string of the molecule is Cc1cc(N2CCCCC2C)ccc1NC(=O)c1cc(C2CC2)[nH]c(=O)c1. The largest absolute Gasteiger partial charge is 0.369 e. The molecule has 142 valence electrons. The number of anilines is 2. The highest BCUT2D eigenvalue weighted by Gasteiger charge is 2.25. The third-order valence-electron chi connectivity index (χ3n) is 5.74. The van der Waals surface area contributed by atoms with Crippen LogP contribution in [0.25, 0.3) is 0 Å². The van der Waals surface area contributed by atoms with Gasteiger partial charge in [-0.15, -0.1) is 0 Å². The van der Waals surface area contributed by atoms with Crippen LogP contribution in [0.3, 0.4) is 0 Å². The number of H-pyrrole nitrogens is 1. The number of hydrogen-bond donors (Lipinski definition) is 2. The van der Waals surface area contributed by atoms with Crippen molar-refractivity contribution in [1.29, 1.82) is 0 Å². The van der Waals surface area contributed by atoms with Crippen molar-refractivity contribution >= 4 is 17.3 Å². The summed E-state index contributed by atoms with van der Waals surface area (Å²) in [5.41, 5.74) is 4.13. The Kier molecular flexibility index (Phi) is 4.77. The summed E-state index contributed by atoms with van der Waals surface area (Å²) < 4.78 is 0.